The van der Waals surface area contributed by atoms with Gasteiger partial charge in [-0.15, -0.1) is 0 Å². The summed E-state index contributed by atoms with van der Waals surface area (Å²) < 4.78 is 5.69. The maximum atomic E-state index is 12.9. The minimum atomic E-state index is -0.378. The predicted molar refractivity (Wildman–Crippen MR) is 114 cm³/mol. The van der Waals surface area contributed by atoms with Crippen LogP contribution in [0.4, 0.5) is 11.6 Å². The van der Waals surface area contributed by atoms with Crippen molar-refractivity contribution in [2.45, 2.75) is 6.92 Å². The number of aromatic amines is 1. The first kappa shape index (κ1) is 19.1. The monoisotopic (exact) mass is 401 g/mol. The summed E-state index contributed by atoms with van der Waals surface area (Å²) in [6.07, 6.45) is 1.30. The van der Waals surface area contributed by atoms with E-state index in [-0.39, 0.29) is 24.4 Å². The van der Waals surface area contributed by atoms with E-state index in [0.717, 1.165) is 22.0 Å². The number of carbonyl (C=O) groups is 2. The fourth-order valence-corrected chi connectivity index (χ4v) is 3.09. The Labute approximate surface area is 172 Å². The molecular weight excluding hydrogens is 382 g/mol. The highest BCUT2D eigenvalue weighted by molar-refractivity contribution is 6.14. The summed E-state index contributed by atoms with van der Waals surface area (Å²) in [4.78, 5) is 28.7. The van der Waals surface area contributed by atoms with E-state index in [9.17, 15) is 9.59 Å². The summed E-state index contributed by atoms with van der Waals surface area (Å²) in [7, 11) is 0. The lowest BCUT2D eigenvalue weighted by Gasteiger charge is -2.13. The van der Waals surface area contributed by atoms with Crippen molar-refractivity contribution in [1.29, 1.82) is 0 Å². The topological polar surface area (TPSA) is 109 Å². The van der Waals surface area contributed by atoms with Gasteiger partial charge in [0.15, 0.2) is 6.61 Å². The van der Waals surface area contributed by atoms with Crippen molar-refractivity contribution in [2.24, 2.45) is 0 Å². The predicted octanol–water partition coefficient (Wildman–Crippen LogP) is 3.54. The highest BCUT2D eigenvalue weighted by Gasteiger charge is 2.14. The van der Waals surface area contributed by atoms with Crippen LogP contribution in [0, 0.1) is 6.92 Å². The zero-order valence-corrected chi connectivity index (χ0v) is 16.2. The average Bonchev–Trinajstić information content (AvgIpc) is 3.25. The number of carbonyl (C=O) groups excluding carboxylic acids is 2. The lowest BCUT2D eigenvalue weighted by atomic mass is 10.0. The maximum absolute atomic E-state index is 12.9. The number of hydrogen-bond acceptors (Lipinski definition) is 5. The molecule has 3 N–H and O–H groups in total. The van der Waals surface area contributed by atoms with E-state index in [2.05, 4.69) is 25.8 Å². The van der Waals surface area contributed by atoms with E-state index in [1.54, 1.807) is 12.1 Å². The molecule has 1 heterocycles. The molecule has 4 rings (SSSR count). The standard InChI is InChI=1S/C22H19N5O3/c1-14-5-4-6-15(11-14)25-21(29)18-9-10-19(17-8-3-2-7-16(17)18)30-12-20(28)26-22-23-13-24-27-22/h2-11,13H,12H2,1H3,(H,25,29)(H2,23,24,26,27,28). The number of aromatic nitrogens is 3. The van der Waals surface area contributed by atoms with Crippen LogP contribution in [-0.2, 0) is 4.79 Å². The summed E-state index contributed by atoms with van der Waals surface area (Å²) in [5.74, 6) is 0.158. The molecule has 0 saturated carbocycles. The molecule has 30 heavy (non-hydrogen) atoms. The van der Waals surface area contributed by atoms with Crippen LogP contribution in [-0.4, -0.2) is 33.6 Å². The van der Waals surface area contributed by atoms with E-state index < -0.39 is 0 Å². The first-order valence-corrected chi connectivity index (χ1v) is 9.28. The highest BCUT2D eigenvalue weighted by atomic mass is 16.5. The van der Waals surface area contributed by atoms with Gasteiger partial charge in [-0.3, -0.25) is 14.9 Å². The van der Waals surface area contributed by atoms with Gasteiger partial charge in [0.2, 0.25) is 5.95 Å². The van der Waals surface area contributed by atoms with Gasteiger partial charge in [-0.1, -0.05) is 36.4 Å². The number of nitrogens with zero attached hydrogens (tertiary/aromatic N) is 2. The molecule has 0 bridgehead atoms. The van der Waals surface area contributed by atoms with E-state index in [4.69, 9.17) is 4.74 Å². The molecule has 0 aliphatic carbocycles. The van der Waals surface area contributed by atoms with Gasteiger partial charge in [-0.05, 0) is 42.1 Å². The number of hydrogen-bond donors (Lipinski definition) is 3. The summed E-state index contributed by atoms with van der Waals surface area (Å²) in [6.45, 7) is 1.76. The summed E-state index contributed by atoms with van der Waals surface area (Å²) in [6, 6.07) is 18.4. The largest absolute Gasteiger partial charge is 0.483 e. The number of H-pyrrole nitrogens is 1. The fraction of sp³-hybridized carbons (Fsp3) is 0.0909. The highest BCUT2D eigenvalue weighted by Crippen LogP contribution is 2.29. The molecule has 8 heteroatoms. The molecule has 150 valence electrons. The normalized spacial score (nSPS) is 10.6. The summed E-state index contributed by atoms with van der Waals surface area (Å²) in [5, 5.41) is 13.2. The average molecular weight is 401 g/mol. The zero-order valence-electron chi connectivity index (χ0n) is 16.2. The number of aryl methyl sites for hydroxylation is 1. The third kappa shape index (κ3) is 4.27. The molecule has 8 nitrogen and oxygen atoms in total. The Bertz CT molecular complexity index is 1200. The van der Waals surface area contributed by atoms with Gasteiger partial charge in [0.05, 0.1) is 0 Å². The Morgan fingerprint density at radius 1 is 1.00 bits per heavy atom. The number of rotatable bonds is 6. The van der Waals surface area contributed by atoms with Crippen LogP contribution in [0.3, 0.4) is 0 Å². The van der Waals surface area contributed by atoms with Crippen molar-refractivity contribution >= 4 is 34.2 Å². The Balaban J connectivity index is 1.54. The van der Waals surface area contributed by atoms with Gasteiger partial charge in [-0.2, -0.15) is 10.1 Å². The second-order valence-corrected chi connectivity index (χ2v) is 6.65. The van der Waals surface area contributed by atoms with Crippen molar-refractivity contribution in [2.75, 3.05) is 17.2 Å². The van der Waals surface area contributed by atoms with Crippen molar-refractivity contribution in [1.82, 2.24) is 15.2 Å². The first-order valence-electron chi connectivity index (χ1n) is 9.28. The SMILES string of the molecule is Cc1cccc(NC(=O)c2ccc(OCC(=O)Nc3ncn[nH]3)c3ccccc23)c1. The van der Waals surface area contributed by atoms with E-state index in [0.29, 0.717) is 11.3 Å². The van der Waals surface area contributed by atoms with Crippen LogP contribution in [0.15, 0.2) is 67.0 Å². The first-order chi connectivity index (χ1) is 14.6. The van der Waals surface area contributed by atoms with Gasteiger partial charge in [-0.25, -0.2) is 5.10 Å². The van der Waals surface area contributed by atoms with Crippen LogP contribution in [0.2, 0.25) is 0 Å². The molecule has 0 saturated heterocycles. The maximum Gasteiger partial charge on any atom is 0.264 e. The van der Waals surface area contributed by atoms with Crippen LogP contribution in [0.1, 0.15) is 15.9 Å². The molecule has 0 aliphatic heterocycles. The molecular formula is C22H19N5O3. The third-order valence-corrected chi connectivity index (χ3v) is 4.44. The molecule has 0 atom stereocenters. The molecule has 0 radical (unpaired) electrons. The van der Waals surface area contributed by atoms with Gasteiger partial charge >= 0.3 is 0 Å². The third-order valence-electron chi connectivity index (χ3n) is 4.44. The number of benzene rings is 3. The van der Waals surface area contributed by atoms with E-state index in [1.165, 1.54) is 6.33 Å². The smallest absolute Gasteiger partial charge is 0.264 e. The van der Waals surface area contributed by atoms with Gasteiger partial charge in [0, 0.05) is 16.6 Å². The van der Waals surface area contributed by atoms with E-state index in [1.807, 2.05) is 55.5 Å². The Morgan fingerprint density at radius 3 is 2.60 bits per heavy atom. The summed E-state index contributed by atoms with van der Waals surface area (Å²) >= 11 is 0. The second kappa shape index (κ2) is 8.44. The van der Waals surface area contributed by atoms with Gasteiger partial charge in [0.1, 0.15) is 12.1 Å². The fourth-order valence-electron chi connectivity index (χ4n) is 3.09. The van der Waals surface area contributed by atoms with Crippen molar-refractivity contribution in [3.8, 4) is 5.75 Å². The van der Waals surface area contributed by atoms with Crippen LogP contribution < -0.4 is 15.4 Å². The number of amides is 2. The van der Waals surface area contributed by atoms with Crippen molar-refractivity contribution in [3.05, 3.63) is 78.1 Å². The number of fused-ring (bicyclic) bond motifs is 1. The second-order valence-electron chi connectivity index (χ2n) is 6.65. The quantitative estimate of drug-likeness (QED) is 0.458. The Hall–Kier alpha value is -4.20. The lowest BCUT2D eigenvalue weighted by molar-refractivity contribution is -0.118. The zero-order chi connectivity index (χ0) is 20.9. The molecule has 1 aromatic heterocycles. The molecule has 0 fully saturated rings. The molecule has 3 aromatic carbocycles. The van der Waals surface area contributed by atoms with Crippen LogP contribution >= 0.6 is 0 Å². The van der Waals surface area contributed by atoms with Gasteiger partial charge < -0.3 is 10.1 Å². The summed E-state index contributed by atoms with van der Waals surface area (Å²) in [5.41, 5.74) is 2.31. The minimum absolute atomic E-state index is 0.209. The number of nitrogens with one attached hydrogen (secondary N) is 3. The molecule has 4 aromatic rings. The molecule has 0 spiro atoms. The Morgan fingerprint density at radius 2 is 1.83 bits per heavy atom. The number of anilines is 2. The lowest BCUT2D eigenvalue weighted by Crippen LogP contribution is -2.21. The van der Waals surface area contributed by atoms with Crippen molar-refractivity contribution in [3.63, 3.8) is 0 Å². The minimum Gasteiger partial charge on any atom is -0.483 e. The molecule has 2 amide bonds. The van der Waals surface area contributed by atoms with Gasteiger partial charge in [0.25, 0.3) is 11.8 Å². The van der Waals surface area contributed by atoms with Crippen LogP contribution in [0.25, 0.3) is 10.8 Å². The molecule has 0 aliphatic rings. The van der Waals surface area contributed by atoms with Crippen LogP contribution in [0.5, 0.6) is 5.75 Å². The van der Waals surface area contributed by atoms with Crippen molar-refractivity contribution < 1.29 is 14.3 Å². The molecule has 0 unspecified atom stereocenters. The van der Waals surface area contributed by atoms with E-state index >= 15 is 0 Å². The number of ether oxygens (including phenoxy) is 1. The Kier molecular flexibility index (Phi) is 5.38.